The second kappa shape index (κ2) is 7.11. The molecule has 0 spiro atoms. The van der Waals surface area contributed by atoms with Crippen LogP contribution in [0.1, 0.15) is 29.4 Å². The van der Waals surface area contributed by atoms with Crippen LogP contribution in [0.3, 0.4) is 0 Å². The monoisotopic (exact) mass is 435 g/mol. The normalized spacial score (nSPS) is 25.7. The van der Waals surface area contributed by atoms with Crippen molar-refractivity contribution in [3.8, 4) is 5.75 Å². The lowest BCUT2D eigenvalue weighted by molar-refractivity contribution is 0.102. The van der Waals surface area contributed by atoms with E-state index in [2.05, 4.69) is 15.3 Å². The summed E-state index contributed by atoms with van der Waals surface area (Å²) < 4.78 is 41.8. The first kappa shape index (κ1) is 20.4. The summed E-state index contributed by atoms with van der Waals surface area (Å²) in [7, 11) is -1.76. The number of carbonyl (C=O) groups is 1. The highest BCUT2D eigenvalue weighted by Gasteiger charge is 2.52. The number of carbonyl (C=O) groups excluding carboxylic acids is 1. The van der Waals surface area contributed by atoms with E-state index in [9.17, 15) is 18.3 Å². The largest absolute Gasteiger partial charge is 0.493 e. The second-order valence-corrected chi connectivity index (χ2v) is 9.57. The summed E-state index contributed by atoms with van der Waals surface area (Å²) in [5.74, 6) is -0.521. The van der Waals surface area contributed by atoms with Gasteiger partial charge in [-0.25, -0.2) is 18.7 Å². The molecule has 2 aliphatic heterocycles. The van der Waals surface area contributed by atoms with E-state index >= 15 is 0 Å². The average Bonchev–Trinajstić information content (AvgIpc) is 2.84. The summed E-state index contributed by atoms with van der Waals surface area (Å²) in [5, 5.41) is 2.05. The molecule has 1 amide bonds. The van der Waals surface area contributed by atoms with E-state index < -0.39 is 33.3 Å². The summed E-state index contributed by atoms with van der Waals surface area (Å²) in [6.45, 7) is 2.05. The summed E-state index contributed by atoms with van der Waals surface area (Å²) in [4.78, 5) is 20.8. The van der Waals surface area contributed by atoms with Gasteiger partial charge < -0.3 is 15.8 Å². The van der Waals surface area contributed by atoms with Gasteiger partial charge in [0.2, 0.25) is 5.96 Å². The van der Waals surface area contributed by atoms with E-state index in [1.807, 2.05) is 0 Å². The number of hydrogen-bond donors (Lipinski definition) is 4. The molecule has 3 heterocycles. The summed E-state index contributed by atoms with van der Waals surface area (Å²) in [6.07, 6.45) is 1.32. The van der Waals surface area contributed by atoms with Gasteiger partial charge in [-0.3, -0.25) is 13.9 Å². The molecule has 0 aliphatic carbocycles. The predicted octanol–water partition coefficient (Wildman–Crippen LogP) is 2.77. The Labute approximate surface area is 174 Å². The molecule has 2 aliphatic rings. The molecule has 0 bridgehead atoms. The average molecular weight is 435 g/mol. The van der Waals surface area contributed by atoms with Crippen LogP contribution in [0.2, 0.25) is 0 Å². The van der Waals surface area contributed by atoms with Crippen molar-refractivity contribution in [3.63, 3.8) is 0 Å². The van der Waals surface area contributed by atoms with Crippen LogP contribution in [0.25, 0.3) is 0 Å². The van der Waals surface area contributed by atoms with E-state index in [1.165, 1.54) is 17.4 Å². The molecule has 30 heavy (non-hydrogen) atoms. The Morgan fingerprint density at radius 3 is 2.87 bits per heavy atom. The molecular formula is C19H22FN5O4S. The lowest BCUT2D eigenvalue weighted by Gasteiger charge is -2.54. The van der Waals surface area contributed by atoms with Crippen molar-refractivity contribution >= 4 is 28.3 Å². The number of pyridine rings is 1. The minimum Gasteiger partial charge on any atom is -0.493 e. The van der Waals surface area contributed by atoms with Crippen molar-refractivity contribution in [1.29, 1.82) is 0 Å². The van der Waals surface area contributed by atoms with Crippen LogP contribution in [-0.4, -0.2) is 49.2 Å². The quantitative estimate of drug-likeness (QED) is 0.570. The fourth-order valence-corrected chi connectivity index (χ4v) is 5.71. The lowest BCUT2D eigenvalue weighted by Crippen LogP contribution is -2.53. The van der Waals surface area contributed by atoms with Gasteiger partial charge in [0.1, 0.15) is 28.0 Å². The first-order valence-electron chi connectivity index (χ1n) is 9.19. The number of rotatable bonds is 2. The van der Waals surface area contributed by atoms with Gasteiger partial charge in [0.05, 0.1) is 12.8 Å². The Kier molecular flexibility index (Phi) is 4.83. The van der Waals surface area contributed by atoms with Gasteiger partial charge in [-0.1, -0.05) is 0 Å². The third-order valence-corrected chi connectivity index (χ3v) is 7.91. The van der Waals surface area contributed by atoms with Crippen molar-refractivity contribution in [2.45, 2.75) is 24.1 Å². The maximum absolute atomic E-state index is 13.1. The molecule has 11 heteroatoms. The number of ether oxygens (including phenoxy) is 1. The van der Waals surface area contributed by atoms with Crippen LogP contribution in [0, 0.1) is 5.82 Å². The molecule has 0 unspecified atom stereocenters. The van der Waals surface area contributed by atoms with Gasteiger partial charge in [0, 0.05) is 24.7 Å². The second-order valence-electron chi connectivity index (χ2n) is 7.33. The van der Waals surface area contributed by atoms with Crippen LogP contribution in [-0.2, 0) is 5.54 Å². The summed E-state index contributed by atoms with van der Waals surface area (Å²) in [5.41, 5.74) is 5.98. The third-order valence-electron chi connectivity index (χ3n) is 5.46. The Morgan fingerprint density at radius 1 is 1.40 bits per heavy atom. The standard InChI is InChI=1S/C19H22FN5O4S/c1-19-13-9-12(23-17(26)14-5-3-11(20)10-22-14)4-6-15(13)29-8-7-16(19)30(27,28)25(2)18(21)24-19/h3-6,9-10,16,27-28H,7-8H2,1-2H3,(H2,21,24)(H,23,26)/t16-,19-/m1/s1. The van der Waals surface area contributed by atoms with Crippen molar-refractivity contribution in [1.82, 2.24) is 9.29 Å². The molecule has 0 radical (unpaired) electrons. The molecule has 5 N–H and O–H groups in total. The zero-order valence-electron chi connectivity index (χ0n) is 16.4. The number of aromatic nitrogens is 1. The third kappa shape index (κ3) is 3.24. The molecule has 0 fully saturated rings. The Morgan fingerprint density at radius 2 is 2.17 bits per heavy atom. The highest BCUT2D eigenvalue weighted by Crippen LogP contribution is 2.60. The van der Waals surface area contributed by atoms with Gasteiger partial charge in [0.25, 0.3) is 5.91 Å². The zero-order chi connectivity index (χ0) is 21.7. The number of nitrogens with one attached hydrogen (secondary N) is 1. The van der Waals surface area contributed by atoms with Gasteiger partial charge in [-0.15, -0.1) is 10.8 Å². The highest BCUT2D eigenvalue weighted by molar-refractivity contribution is 8.23. The van der Waals surface area contributed by atoms with Crippen molar-refractivity contribution in [3.05, 3.63) is 53.6 Å². The fourth-order valence-electron chi connectivity index (χ4n) is 3.80. The maximum atomic E-state index is 13.1. The number of fused-ring (bicyclic) bond motifs is 3. The Balaban J connectivity index is 1.74. The van der Waals surface area contributed by atoms with Gasteiger partial charge in [-0.05, 0) is 37.3 Å². The number of aliphatic imine (C=N–C) groups is 1. The first-order chi connectivity index (χ1) is 14.1. The predicted molar refractivity (Wildman–Crippen MR) is 112 cm³/mol. The molecule has 2 aromatic rings. The molecule has 160 valence electrons. The van der Waals surface area contributed by atoms with Crippen LogP contribution < -0.4 is 15.8 Å². The Bertz CT molecular complexity index is 1030. The minimum atomic E-state index is -3.25. The number of hydrogen-bond acceptors (Lipinski definition) is 8. The summed E-state index contributed by atoms with van der Waals surface area (Å²) >= 11 is 0. The van der Waals surface area contributed by atoms with Crippen LogP contribution in [0.4, 0.5) is 10.1 Å². The smallest absolute Gasteiger partial charge is 0.274 e. The number of amides is 1. The van der Waals surface area contributed by atoms with E-state index in [4.69, 9.17) is 10.5 Å². The molecule has 1 aromatic carbocycles. The van der Waals surface area contributed by atoms with E-state index in [-0.39, 0.29) is 18.3 Å². The number of nitrogens with zero attached hydrogens (tertiary/aromatic N) is 3. The minimum absolute atomic E-state index is 0.00607. The molecule has 1 aromatic heterocycles. The van der Waals surface area contributed by atoms with Crippen molar-refractivity contribution < 1.29 is 23.0 Å². The lowest BCUT2D eigenvalue weighted by atomic mass is 9.87. The maximum Gasteiger partial charge on any atom is 0.274 e. The topological polar surface area (TPSA) is 133 Å². The SMILES string of the molecule is CN1C(N)=N[C@]2(C)c3cc(NC(=O)c4ccc(F)cn4)ccc3OCC[C@H]2S1(O)O. The van der Waals surface area contributed by atoms with E-state index in [0.29, 0.717) is 23.4 Å². The van der Waals surface area contributed by atoms with Crippen LogP contribution in [0.5, 0.6) is 5.75 Å². The van der Waals surface area contributed by atoms with Gasteiger partial charge >= 0.3 is 0 Å². The van der Waals surface area contributed by atoms with Crippen LogP contribution >= 0.6 is 10.8 Å². The van der Waals surface area contributed by atoms with Crippen LogP contribution in [0.15, 0.2) is 41.5 Å². The van der Waals surface area contributed by atoms with Gasteiger partial charge in [0.15, 0.2) is 0 Å². The number of halogens is 1. The summed E-state index contributed by atoms with van der Waals surface area (Å²) in [6, 6.07) is 7.45. The molecular weight excluding hydrogens is 413 g/mol. The molecule has 0 saturated carbocycles. The fraction of sp³-hybridized carbons (Fsp3) is 0.316. The van der Waals surface area contributed by atoms with E-state index in [1.54, 1.807) is 25.1 Å². The molecule has 9 nitrogen and oxygen atoms in total. The molecule has 4 rings (SSSR count). The molecule has 0 saturated heterocycles. The number of guanidine groups is 1. The van der Waals surface area contributed by atoms with E-state index in [0.717, 1.165) is 12.3 Å². The van der Waals surface area contributed by atoms with Gasteiger partial charge in [-0.2, -0.15) is 0 Å². The zero-order valence-corrected chi connectivity index (χ0v) is 17.2. The Hall–Kier alpha value is -2.89. The molecule has 2 atom stereocenters. The van der Waals surface area contributed by atoms with Crippen molar-refractivity contribution in [2.75, 3.05) is 19.0 Å². The number of benzene rings is 1. The number of anilines is 1. The highest BCUT2D eigenvalue weighted by atomic mass is 32.3. The number of nitrogens with two attached hydrogens (primary N) is 1. The first-order valence-corrected chi connectivity index (χ1v) is 10.8. The van der Waals surface area contributed by atoms with Crippen molar-refractivity contribution in [2.24, 2.45) is 10.7 Å².